The number of nitrogens with zero attached hydrogens (tertiary/aromatic N) is 2. The van der Waals surface area contributed by atoms with E-state index in [0.717, 1.165) is 23.2 Å². The SMILES string of the molecule is CN1C(=O)CCc2cc(C(N)C#N)ccc21. The molecule has 4 nitrogen and oxygen atoms in total. The number of hydrogen-bond donors (Lipinski definition) is 1. The van der Waals surface area contributed by atoms with Gasteiger partial charge < -0.3 is 10.6 Å². The van der Waals surface area contributed by atoms with Gasteiger partial charge >= 0.3 is 0 Å². The van der Waals surface area contributed by atoms with Crippen LogP contribution in [0, 0.1) is 11.3 Å². The summed E-state index contributed by atoms with van der Waals surface area (Å²) >= 11 is 0. The van der Waals surface area contributed by atoms with Gasteiger partial charge in [0.05, 0.1) is 6.07 Å². The average Bonchev–Trinajstić information content (AvgIpc) is 2.32. The Morgan fingerprint density at radius 2 is 2.25 bits per heavy atom. The molecular weight excluding hydrogens is 202 g/mol. The number of carbonyl (C=O) groups excluding carboxylic acids is 1. The molecule has 1 heterocycles. The van der Waals surface area contributed by atoms with Gasteiger partial charge in [-0.1, -0.05) is 12.1 Å². The number of anilines is 1. The number of fused-ring (bicyclic) bond motifs is 1. The van der Waals surface area contributed by atoms with Crippen LogP contribution in [0.4, 0.5) is 5.69 Å². The van der Waals surface area contributed by atoms with Crippen LogP contribution < -0.4 is 10.6 Å². The van der Waals surface area contributed by atoms with Gasteiger partial charge in [-0.05, 0) is 23.6 Å². The summed E-state index contributed by atoms with van der Waals surface area (Å²) in [6, 6.07) is 7.01. The van der Waals surface area contributed by atoms with Gasteiger partial charge in [-0.2, -0.15) is 5.26 Å². The Labute approximate surface area is 94.3 Å². The molecule has 1 aliphatic rings. The lowest BCUT2D eigenvalue weighted by atomic mass is 9.97. The predicted molar refractivity (Wildman–Crippen MR) is 60.7 cm³/mol. The van der Waals surface area contributed by atoms with Crippen molar-refractivity contribution in [1.29, 1.82) is 5.26 Å². The predicted octanol–water partition coefficient (Wildman–Crippen LogP) is 1.12. The first-order valence-electron chi connectivity index (χ1n) is 5.18. The first kappa shape index (κ1) is 10.7. The van der Waals surface area contributed by atoms with E-state index in [1.807, 2.05) is 24.3 Å². The van der Waals surface area contributed by atoms with Crippen LogP contribution in [0.1, 0.15) is 23.6 Å². The number of nitrogens with two attached hydrogens (primary N) is 1. The molecule has 2 rings (SSSR count). The van der Waals surface area contributed by atoms with Crippen LogP contribution in [-0.2, 0) is 11.2 Å². The quantitative estimate of drug-likeness (QED) is 0.763. The Morgan fingerprint density at radius 3 is 2.94 bits per heavy atom. The summed E-state index contributed by atoms with van der Waals surface area (Å²) in [7, 11) is 1.77. The molecule has 1 unspecified atom stereocenters. The van der Waals surface area contributed by atoms with Gasteiger partial charge in [0, 0.05) is 19.2 Å². The maximum atomic E-state index is 11.5. The summed E-state index contributed by atoms with van der Waals surface area (Å²) in [4.78, 5) is 13.1. The second-order valence-electron chi connectivity index (χ2n) is 3.95. The van der Waals surface area contributed by atoms with Crippen LogP contribution >= 0.6 is 0 Å². The van der Waals surface area contributed by atoms with E-state index in [1.54, 1.807) is 11.9 Å². The molecule has 1 aromatic rings. The Bertz CT molecular complexity index is 476. The molecule has 1 atom stereocenters. The van der Waals surface area contributed by atoms with E-state index in [2.05, 4.69) is 0 Å². The van der Waals surface area contributed by atoms with E-state index in [1.165, 1.54) is 0 Å². The van der Waals surface area contributed by atoms with Gasteiger partial charge in [0.25, 0.3) is 0 Å². The van der Waals surface area contributed by atoms with Gasteiger partial charge in [-0.15, -0.1) is 0 Å². The fourth-order valence-electron chi connectivity index (χ4n) is 1.94. The van der Waals surface area contributed by atoms with Crippen LogP contribution in [-0.4, -0.2) is 13.0 Å². The van der Waals surface area contributed by atoms with Gasteiger partial charge in [0.1, 0.15) is 6.04 Å². The lowest BCUT2D eigenvalue weighted by Crippen LogP contribution is -2.31. The van der Waals surface area contributed by atoms with Gasteiger partial charge in [0.15, 0.2) is 0 Å². The van der Waals surface area contributed by atoms with Gasteiger partial charge in [0.2, 0.25) is 5.91 Å². The van der Waals surface area contributed by atoms with Crippen molar-refractivity contribution in [2.24, 2.45) is 5.73 Å². The number of aryl methyl sites for hydroxylation is 1. The molecule has 0 aromatic heterocycles. The van der Waals surface area contributed by atoms with E-state index in [9.17, 15) is 4.79 Å². The van der Waals surface area contributed by atoms with Crippen molar-refractivity contribution in [2.75, 3.05) is 11.9 Å². The maximum absolute atomic E-state index is 11.5. The highest BCUT2D eigenvalue weighted by Crippen LogP contribution is 2.28. The molecule has 1 aliphatic heterocycles. The minimum absolute atomic E-state index is 0.129. The molecule has 0 spiro atoms. The minimum atomic E-state index is -0.590. The smallest absolute Gasteiger partial charge is 0.227 e. The largest absolute Gasteiger partial charge is 0.315 e. The van der Waals surface area contributed by atoms with E-state index in [-0.39, 0.29) is 5.91 Å². The Kier molecular flexibility index (Phi) is 2.63. The lowest BCUT2D eigenvalue weighted by Gasteiger charge is -2.26. The van der Waals surface area contributed by atoms with Crippen LogP contribution in [0.2, 0.25) is 0 Å². The van der Waals surface area contributed by atoms with E-state index < -0.39 is 6.04 Å². The van der Waals surface area contributed by atoms with Crippen molar-refractivity contribution in [3.63, 3.8) is 0 Å². The zero-order valence-corrected chi connectivity index (χ0v) is 9.10. The normalized spacial score (nSPS) is 16.6. The van der Waals surface area contributed by atoms with Crippen LogP contribution in [0.25, 0.3) is 0 Å². The topological polar surface area (TPSA) is 70.1 Å². The average molecular weight is 215 g/mol. The molecule has 0 fully saturated rings. The minimum Gasteiger partial charge on any atom is -0.315 e. The zero-order chi connectivity index (χ0) is 11.7. The molecule has 0 saturated heterocycles. The van der Waals surface area contributed by atoms with Crippen molar-refractivity contribution in [1.82, 2.24) is 0 Å². The molecular formula is C12H13N3O. The first-order valence-corrected chi connectivity index (χ1v) is 5.18. The number of benzene rings is 1. The number of nitriles is 1. The highest BCUT2D eigenvalue weighted by molar-refractivity contribution is 5.95. The summed E-state index contributed by atoms with van der Waals surface area (Å²) in [5.41, 5.74) is 8.47. The Balaban J connectivity index is 2.41. The highest BCUT2D eigenvalue weighted by atomic mass is 16.2. The van der Waals surface area contributed by atoms with Crippen molar-refractivity contribution in [3.05, 3.63) is 29.3 Å². The highest BCUT2D eigenvalue weighted by Gasteiger charge is 2.21. The maximum Gasteiger partial charge on any atom is 0.227 e. The lowest BCUT2D eigenvalue weighted by molar-refractivity contribution is -0.118. The molecule has 0 bridgehead atoms. The third-order valence-electron chi connectivity index (χ3n) is 2.95. The summed E-state index contributed by atoms with van der Waals surface area (Å²) in [6.45, 7) is 0. The molecule has 2 N–H and O–H groups in total. The van der Waals surface area contributed by atoms with E-state index >= 15 is 0 Å². The molecule has 0 aliphatic carbocycles. The summed E-state index contributed by atoms with van der Waals surface area (Å²) in [6.07, 6.45) is 1.25. The second kappa shape index (κ2) is 3.95. The fraction of sp³-hybridized carbons (Fsp3) is 0.333. The number of hydrogen-bond acceptors (Lipinski definition) is 3. The van der Waals surface area contributed by atoms with Crippen LogP contribution in [0.5, 0.6) is 0 Å². The van der Waals surface area contributed by atoms with E-state index in [0.29, 0.717) is 6.42 Å². The molecule has 0 saturated carbocycles. The number of rotatable bonds is 1. The summed E-state index contributed by atoms with van der Waals surface area (Å²) < 4.78 is 0. The first-order chi connectivity index (χ1) is 7.63. The van der Waals surface area contributed by atoms with E-state index in [4.69, 9.17) is 11.0 Å². The Hall–Kier alpha value is -1.86. The molecule has 4 heteroatoms. The van der Waals surface area contributed by atoms with Crippen LogP contribution in [0.15, 0.2) is 18.2 Å². The van der Waals surface area contributed by atoms with Crippen molar-refractivity contribution < 1.29 is 4.79 Å². The fourth-order valence-corrected chi connectivity index (χ4v) is 1.94. The number of amides is 1. The molecule has 82 valence electrons. The third-order valence-corrected chi connectivity index (χ3v) is 2.95. The Morgan fingerprint density at radius 1 is 1.50 bits per heavy atom. The standard InChI is InChI=1S/C12H13N3O/c1-15-11-4-2-8(10(14)7-13)6-9(11)3-5-12(15)16/h2,4,6,10H,3,5,14H2,1H3. The third kappa shape index (κ3) is 1.66. The number of carbonyl (C=O) groups is 1. The monoisotopic (exact) mass is 215 g/mol. The zero-order valence-electron chi connectivity index (χ0n) is 9.10. The van der Waals surface area contributed by atoms with Crippen molar-refractivity contribution in [3.8, 4) is 6.07 Å². The molecule has 16 heavy (non-hydrogen) atoms. The molecule has 0 radical (unpaired) electrons. The van der Waals surface area contributed by atoms with Crippen LogP contribution in [0.3, 0.4) is 0 Å². The second-order valence-corrected chi connectivity index (χ2v) is 3.95. The summed E-state index contributed by atoms with van der Waals surface area (Å²) in [5.74, 6) is 0.129. The summed E-state index contributed by atoms with van der Waals surface area (Å²) in [5, 5.41) is 8.75. The van der Waals surface area contributed by atoms with Crippen molar-refractivity contribution in [2.45, 2.75) is 18.9 Å². The van der Waals surface area contributed by atoms with Gasteiger partial charge in [-0.3, -0.25) is 4.79 Å². The molecule has 1 amide bonds. The van der Waals surface area contributed by atoms with Crippen molar-refractivity contribution >= 4 is 11.6 Å². The molecule has 1 aromatic carbocycles. The van der Waals surface area contributed by atoms with Gasteiger partial charge in [-0.25, -0.2) is 0 Å².